The molecule has 0 aromatic heterocycles. The summed E-state index contributed by atoms with van der Waals surface area (Å²) in [6, 6.07) is 18.7. The predicted octanol–water partition coefficient (Wildman–Crippen LogP) is 3.57. The van der Waals surface area contributed by atoms with E-state index in [0.717, 1.165) is 11.1 Å². The minimum atomic E-state index is 0. The van der Waals surface area contributed by atoms with E-state index in [1.807, 2.05) is 12.1 Å². The molecule has 0 amide bonds. The van der Waals surface area contributed by atoms with Crippen LogP contribution in [0.3, 0.4) is 0 Å². The van der Waals surface area contributed by atoms with E-state index < -0.39 is 0 Å². The first-order valence-corrected chi connectivity index (χ1v) is 4.73. The molecule has 0 nitrogen and oxygen atoms in total. The predicted molar refractivity (Wildman–Crippen MR) is 59.0 cm³/mol. The number of hydrogen-bond acceptors (Lipinski definition) is 0. The number of rotatable bonds is 1. The molecule has 0 aliphatic carbocycles. The van der Waals surface area contributed by atoms with Crippen molar-refractivity contribution < 1.29 is 18.6 Å². The Bertz CT molecular complexity index is 403. The van der Waals surface area contributed by atoms with E-state index in [2.05, 4.69) is 50.2 Å². The van der Waals surface area contributed by atoms with Gasteiger partial charge in [0.05, 0.1) is 0 Å². The molecule has 2 aromatic rings. The normalized spacial score (nSPS) is 9.47. The maximum atomic E-state index is 3.22. The van der Waals surface area contributed by atoms with E-state index >= 15 is 0 Å². The van der Waals surface area contributed by atoms with Crippen molar-refractivity contribution in [3.8, 4) is 11.1 Å². The molecule has 0 atom stereocenters. The Kier molecular flexibility index (Phi) is 4.20. The first-order valence-electron chi connectivity index (χ1n) is 4.73. The fourth-order valence-electron chi connectivity index (χ4n) is 1.47. The molecule has 1 radical (unpaired) electrons. The van der Waals surface area contributed by atoms with Crippen molar-refractivity contribution in [2.45, 2.75) is 13.8 Å². The molecule has 0 aliphatic heterocycles. The molecule has 0 saturated heterocycles. The first kappa shape index (κ1) is 12.1. The van der Waals surface area contributed by atoms with Gasteiger partial charge >= 0.3 is 18.6 Å². The van der Waals surface area contributed by atoms with Crippen molar-refractivity contribution in [1.82, 2.24) is 0 Å². The maximum absolute atomic E-state index is 3.22. The van der Waals surface area contributed by atoms with Crippen molar-refractivity contribution in [2.75, 3.05) is 0 Å². The zero-order valence-corrected chi connectivity index (χ0v) is 10.3. The van der Waals surface area contributed by atoms with Gasteiger partial charge in [-0.2, -0.15) is 36.4 Å². The molecule has 1 heteroatoms. The number of benzene rings is 2. The van der Waals surface area contributed by atoms with E-state index in [1.165, 1.54) is 11.1 Å². The van der Waals surface area contributed by atoms with Crippen molar-refractivity contribution in [3.63, 3.8) is 0 Å². The Labute approximate surface area is 103 Å². The molecule has 2 aromatic carbocycles. The maximum Gasteiger partial charge on any atom is 2.00 e. The fraction of sp³-hybridized carbons (Fsp3) is 0.143. The smallest absolute Gasteiger partial charge is 0.226 e. The van der Waals surface area contributed by atoms with Crippen LogP contribution in [0.1, 0.15) is 11.1 Å². The standard InChI is InChI=1S/C14H12.V/c1-11-5-3-7-13(9-11)14-8-4-6-12(2)10-14;/h3-6,9-10H,1-2H3;/q-2;+2. The first-order chi connectivity index (χ1) is 6.75. The van der Waals surface area contributed by atoms with Gasteiger partial charge in [0.1, 0.15) is 0 Å². The monoisotopic (exact) mass is 231 g/mol. The Hall–Kier alpha value is -0.976. The molecular formula is C14H12V. The number of aryl methyl sites for hydroxylation is 2. The Morgan fingerprint density at radius 2 is 1.20 bits per heavy atom. The molecule has 0 unspecified atom stereocenters. The summed E-state index contributed by atoms with van der Waals surface area (Å²) in [5.41, 5.74) is 4.75. The van der Waals surface area contributed by atoms with Gasteiger partial charge in [0.25, 0.3) is 0 Å². The third-order valence-electron chi connectivity index (χ3n) is 2.20. The summed E-state index contributed by atoms with van der Waals surface area (Å²) in [6.45, 7) is 4.18. The van der Waals surface area contributed by atoms with Gasteiger partial charge in [0.2, 0.25) is 0 Å². The molecule has 0 aliphatic rings. The largest absolute Gasteiger partial charge is 2.00 e. The molecular weight excluding hydrogens is 219 g/mol. The Morgan fingerprint density at radius 1 is 0.800 bits per heavy atom. The number of hydrogen-bond donors (Lipinski definition) is 0. The molecule has 73 valence electrons. The molecule has 15 heavy (non-hydrogen) atoms. The van der Waals surface area contributed by atoms with Crippen molar-refractivity contribution in [2.24, 2.45) is 0 Å². The minimum Gasteiger partial charge on any atom is -0.226 e. The van der Waals surface area contributed by atoms with Crippen molar-refractivity contribution in [1.29, 1.82) is 0 Å². The molecule has 0 heterocycles. The van der Waals surface area contributed by atoms with Gasteiger partial charge in [-0.15, -0.1) is 23.3 Å². The summed E-state index contributed by atoms with van der Waals surface area (Å²) < 4.78 is 0. The molecule has 0 N–H and O–H groups in total. The average molecular weight is 231 g/mol. The van der Waals surface area contributed by atoms with Crippen molar-refractivity contribution in [3.05, 3.63) is 59.7 Å². The van der Waals surface area contributed by atoms with Crippen LogP contribution >= 0.6 is 0 Å². The van der Waals surface area contributed by atoms with Crippen LogP contribution < -0.4 is 0 Å². The molecule has 0 fully saturated rings. The van der Waals surface area contributed by atoms with Gasteiger partial charge < -0.3 is 0 Å². The van der Waals surface area contributed by atoms with Gasteiger partial charge in [-0.25, -0.2) is 11.1 Å². The SMILES string of the molecule is Cc1cc[c-]c(-c2[c-]ccc(C)c2)c1.[V+2]. The second-order valence-electron chi connectivity index (χ2n) is 3.56. The molecule has 0 bridgehead atoms. The summed E-state index contributed by atoms with van der Waals surface area (Å²) in [5.74, 6) is 0. The van der Waals surface area contributed by atoms with Crippen LogP contribution in [-0.4, -0.2) is 0 Å². The zero-order chi connectivity index (χ0) is 9.97. The van der Waals surface area contributed by atoms with Crippen LogP contribution in [0, 0.1) is 26.0 Å². The minimum absolute atomic E-state index is 0. The van der Waals surface area contributed by atoms with Crippen molar-refractivity contribution >= 4 is 0 Å². The van der Waals surface area contributed by atoms with Crippen LogP contribution in [0.25, 0.3) is 11.1 Å². The second kappa shape index (κ2) is 5.20. The molecule has 2 rings (SSSR count). The van der Waals surface area contributed by atoms with Gasteiger partial charge in [-0.05, 0) is 0 Å². The third kappa shape index (κ3) is 2.99. The molecule has 0 spiro atoms. The van der Waals surface area contributed by atoms with Crippen LogP contribution in [-0.2, 0) is 18.6 Å². The topological polar surface area (TPSA) is 0 Å². The summed E-state index contributed by atoms with van der Waals surface area (Å²) in [5, 5.41) is 0. The average Bonchev–Trinajstić information content (AvgIpc) is 2.18. The Morgan fingerprint density at radius 3 is 1.53 bits per heavy atom. The summed E-state index contributed by atoms with van der Waals surface area (Å²) in [7, 11) is 0. The van der Waals surface area contributed by atoms with Gasteiger partial charge in [0.15, 0.2) is 0 Å². The van der Waals surface area contributed by atoms with E-state index in [9.17, 15) is 0 Å². The van der Waals surface area contributed by atoms with E-state index in [0.29, 0.717) is 0 Å². The van der Waals surface area contributed by atoms with E-state index in [-0.39, 0.29) is 18.6 Å². The van der Waals surface area contributed by atoms with Crippen LogP contribution in [0.4, 0.5) is 0 Å². The van der Waals surface area contributed by atoms with Gasteiger partial charge in [-0.1, -0.05) is 13.8 Å². The summed E-state index contributed by atoms with van der Waals surface area (Å²) in [6.07, 6.45) is 0. The quantitative estimate of drug-likeness (QED) is 0.658. The Balaban J connectivity index is 0.00000112. The summed E-state index contributed by atoms with van der Waals surface area (Å²) in [4.78, 5) is 0. The van der Waals surface area contributed by atoms with Crippen LogP contribution in [0.2, 0.25) is 0 Å². The van der Waals surface area contributed by atoms with Gasteiger partial charge in [-0.3, -0.25) is 0 Å². The summed E-state index contributed by atoms with van der Waals surface area (Å²) >= 11 is 0. The van der Waals surface area contributed by atoms with Gasteiger partial charge in [0, 0.05) is 0 Å². The van der Waals surface area contributed by atoms with Crippen LogP contribution in [0.15, 0.2) is 36.4 Å². The molecule has 0 saturated carbocycles. The third-order valence-corrected chi connectivity index (χ3v) is 2.20. The fourth-order valence-corrected chi connectivity index (χ4v) is 1.47. The second-order valence-corrected chi connectivity index (χ2v) is 3.56. The van der Waals surface area contributed by atoms with E-state index in [4.69, 9.17) is 0 Å². The zero-order valence-electron chi connectivity index (χ0n) is 8.91. The van der Waals surface area contributed by atoms with E-state index in [1.54, 1.807) is 0 Å². The van der Waals surface area contributed by atoms with Crippen LogP contribution in [0.5, 0.6) is 0 Å².